The van der Waals surface area contributed by atoms with E-state index in [1.807, 2.05) is 0 Å². The Morgan fingerprint density at radius 2 is 1.60 bits per heavy atom. The largest absolute Gasteiger partial charge is 0.371 e. The second kappa shape index (κ2) is 8.31. The van der Waals surface area contributed by atoms with E-state index in [2.05, 4.69) is 22.1 Å². The third-order valence-electron chi connectivity index (χ3n) is 6.21. The number of thiophene rings is 1. The molecular weight excluding hydrogens is 419 g/mol. The number of piperidine rings is 2. The summed E-state index contributed by atoms with van der Waals surface area (Å²) in [6.45, 7) is 6.01. The molecule has 2 aliphatic heterocycles. The van der Waals surface area contributed by atoms with Gasteiger partial charge in [-0.15, -0.1) is 11.3 Å². The molecule has 0 bridgehead atoms. The zero-order valence-corrected chi connectivity index (χ0v) is 18.8. The summed E-state index contributed by atoms with van der Waals surface area (Å²) in [5.41, 5.74) is 3.80. The Morgan fingerprint density at radius 3 is 2.30 bits per heavy atom. The molecular formula is C23H26ClFN4S. The Bertz CT molecular complexity index is 1070. The molecule has 3 aromatic rings. The van der Waals surface area contributed by atoms with E-state index in [9.17, 15) is 4.39 Å². The highest BCUT2D eigenvalue weighted by Gasteiger charge is 2.24. The third-order valence-corrected chi connectivity index (χ3v) is 7.58. The average Bonchev–Trinajstić information content (AvgIpc) is 3.16. The van der Waals surface area contributed by atoms with Crippen molar-refractivity contribution in [3.8, 4) is 11.4 Å². The molecule has 4 nitrogen and oxygen atoms in total. The first-order valence-corrected chi connectivity index (χ1v) is 12.1. The molecule has 4 heterocycles. The number of hydrogen-bond donors (Lipinski definition) is 0. The number of aryl methyl sites for hydroxylation is 1. The number of rotatable bonds is 3. The fourth-order valence-corrected chi connectivity index (χ4v) is 5.73. The normalized spacial score (nSPS) is 17.7. The number of anilines is 2. The summed E-state index contributed by atoms with van der Waals surface area (Å²) < 4.78 is 15.7. The van der Waals surface area contributed by atoms with E-state index >= 15 is 0 Å². The van der Waals surface area contributed by atoms with Gasteiger partial charge in [0.1, 0.15) is 5.82 Å². The van der Waals surface area contributed by atoms with Crippen molar-refractivity contribution in [2.24, 2.45) is 0 Å². The highest BCUT2D eigenvalue weighted by Crippen LogP contribution is 2.39. The molecule has 2 aromatic heterocycles. The predicted octanol–water partition coefficient (Wildman–Crippen LogP) is 6.44. The first kappa shape index (κ1) is 20.0. The van der Waals surface area contributed by atoms with Crippen LogP contribution < -0.4 is 9.80 Å². The van der Waals surface area contributed by atoms with Crippen molar-refractivity contribution in [3.05, 3.63) is 33.9 Å². The number of hydrogen-bond acceptors (Lipinski definition) is 5. The summed E-state index contributed by atoms with van der Waals surface area (Å²) in [5, 5.41) is 2.30. The monoisotopic (exact) mass is 444 g/mol. The maximum absolute atomic E-state index is 14.6. The number of aromatic nitrogens is 2. The molecule has 0 unspecified atom stereocenters. The molecule has 30 heavy (non-hydrogen) atoms. The van der Waals surface area contributed by atoms with Crippen LogP contribution in [0.1, 0.15) is 44.1 Å². The Morgan fingerprint density at radius 1 is 0.933 bits per heavy atom. The summed E-state index contributed by atoms with van der Waals surface area (Å²) in [5.74, 6) is 1.17. The van der Waals surface area contributed by atoms with Crippen molar-refractivity contribution in [1.82, 2.24) is 9.97 Å². The van der Waals surface area contributed by atoms with Crippen LogP contribution in [-0.2, 0) is 0 Å². The standard InChI is InChI=1S/C23H26ClFN4S/c1-15-14-30-21-20(15)26-22(27-23(21)29-10-6-3-7-11-29)16-12-18(25)17(24)13-19(16)28-8-4-2-5-9-28/h12-14H,2-11H2,1H3. The Labute approximate surface area is 185 Å². The molecule has 0 radical (unpaired) electrons. The van der Waals surface area contributed by atoms with Crippen LogP contribution in [0.25, 0.3) is 21.6 Å². The Balaban J connectivity index is 1.69. The van der Waals surface area contributed by atoms with Gasteiger partial charge < -0.3 is 9.80 Å². The van der Waals surface area contributed by atoms with Crippen LogP contribution in [0.5, 0.6) is 0 Å². The van der Waals surface area contributed by atoms with Gasteiger partial charge in [0.15, 0.2) is 11.6 Å². The first-order valence-electron chi connectivity index (χ1n) is 10.9. The van der Waals surface area contributed by atoms with E-state index < -0.39 is 5.82 Å². The predicted molar refractivity (Wildman–Crippen MR) is 125 cm³/mol. The summed E-state index contributed by atoms with van der Waals surface area (Å²) in [7, 11) is 0. The average molecular weight is 445 g/mol. The van der Waals surface area contributed by atoms with E-state index in [0.29, 0.717) is 5.82 Å². The van der Waals surface area contributed by atoms with E-state index in [1.165, 1.54) is 31.7 Å². The van der Waals surface area contributed by atoms with E-state index in [4.69, 9.17) is 21.6 Å². The van der Waals surface area contributed by atoms with Gasteiger partial charge in [0, 0.05) is 37.4 Å². The van der Waals surface area contributed by atoms with Crippen molar-refractivity contribution in [1.29, 1.82) is 0 Å². The molecule has 5 rings (SSSR count). The molecule has 158 valence electrons. The zero-order chi connectivity index (χ0) is 20.7. The van der Waals surface area contributed by atoms with Crippen molar-refractivity contribution in [2.75, 3.05) is 36.0 Å². The lowest BCUT2D eigenvalue weighted by Crippen LogP contribution is -2.31. The number of fused-ring (bicyclic) bond motifs is 1. The minimum Gasteiger partial charge on any atom is -0.371 e. The molecule has 0 amide bonds. The van der Waals surface area contributed by atoms with E-state index in [-0.39, 0.29) is 5.02 Å². The van der Waals surface area contributed by atoms with Gasteiger partial charge in [0.2, 0.25) is 0 Å². The second-order valence-electron chi connectivity index (χ2n) is 8.35. The molecule has 0 atom stereocenters. The van der Waals surface area contributed by atoms with E-state index in [1.54, 1.807) is 17.4 Å². The maximum Gasteiger partial charge on any atom is 0.164 e. The number of halogens is 2. The fraction of sp³-hybridized carbons (Fsp3) is 0.478. The van der Waals surface area contributed by atoms with Gasteiger partial charge in [-0.3, -0.25) is 0 Å². The molecule has 0 spiro atoms. The third kappa shape index (κ3) is 3.65. The highest BCUT2D eigenvalue weighted by molar-refractivity contribution is 7.18. The van der Waals surface area contributed by atoms with Crippen molar-refractivity contribution in [2.45, 2.75) is 45.4 Å². The lowest BCUT2D eigenvalue weighted by Gasteiger charge is -2.31. The molecule has 1 aromatic carbocycles. The van der Waals surface area contributed by atoms with Crippen molar-refractivity contribution < 1.29 is 4.39 Å². The first-order chi connectivity index (χ1) is 14.6. The quantitative estimate of drug-likeness (QED) is 0.465. The molecule has 0 N–H and O–H groups in total. The summed E-state index contributed by atoms with van der Waals surface area (Å²) in [6.07, 6.45) is 7.13. The van der Waals surface area contributed by atoms with Crippen LogP contribution in [0.15, 0.2) is 17.5 Å². The number of nitrogens with zero attached hydrogens (tertiary/aromatic N) is 4. The van der Waals surface area contributed by atoms with Gasteiger partial charge in [-0.1, -0.05) is 11.6 Å². The maximum atomic E-state index is 14.6. The van der Waals surface area contributed by atoms with Crippen LogP contribution in [0, 0.1) is 12.7 Å². The minimum absolute atomic E-state index is 0.156. The zero-order valence-electron chi connectivity index (χ0n) is 17.3. The van der Waals surface area contributed by atoms with Crippen molar-refractivity contribution >= 4 is 44.7 Å². The van der Waals surface area contributed by atoms with Crippen LogP contribution >= 0.6 is 22.9 Å². The van der Waals surface area contributed by atoms with E-state index in [0.717, 1.165) is 71.9 Å². The summed E-state index contributed by atoms with van der Waals surface area (Å²) in [4.78, 5) is 14.6. The fourth-order valence-electron chi connectivity index (χ4n) is 4.57. The molecule has 2 fully saturated rings. The lowest BCUT2D eigenvalue weighted by molar-refractivity contribution is 0.574. The van der Waals surface area contributed by atoms with Gasteiger partial charge in [-0.25, -0.2) is 14.4 Å². The van der Waals surface area contributed by atoms with Crippen LogP contribution in [-0.4, -0.2) is 36.1 Å². The van der Waals surface area contributed by atoms with Crippen LogP contribution in [0.4, 0.5) is 15.9 Å². The topological polar surface area (TPSA) is 32.3 Å². The Kier molecular flexibility index (Phi) is 5.54. The van der Waals surface area contributed by atoms with Gasteiger partial charge in [0.25, 0.3) is 0 Å². The van der Waals surface area contributed by atoms with Crippen molar-refractivity contribution in [3.63, 3.8) is 0 Å². The SMILES string of the molecule is Cc1csc2c(N3CCCCC3)nc(-c3cc(F)c(Cl)cc3N3CCCCC3)nc12. The van der Waals surface area contributed by atoms with Crippen LogP contribution in [0.2, 0.25) is 5.02 Å². The molecule has 7 heteroatoms. The highest BCUT2D eigenvalue weighted by atomic mass is 35.5. The number of benzene rings is 1. The minimum atomic E-state index is -0.419. The summed E-state index contributed by atoms with van der Waals surface area (Å²) >= 11 is 7.90. The van der Waals surface area contributed by atoms with Gasteiger partial charge in [-0.05, 0) is 68.5 Å². The van der Waals surface area contributed by atoms with Gasteiger partial charge >= 0.3 is 0 Å². The molecule has 2 saturated heterocycles. The lowest BCUT2D eigenvalue weighted by atomic mass is 10.1. The Hall–Kier alpha value is -1.92. The molecule has 0 aliphatic carbocycles. The smallest absolute Gasteiger partial charge is 0.164 e. The van der Waals surface area contributed by atoms with Gasteiger partial charge in [0.05, 0.1) is 15.2 Å². The summed E-state index contributed by atoms with van der Waals surface area (Å²) in [6, 6.07) is 3.28. The van der Waals surface area contributed by atoms with Gasteiger partial charge in [-0.2, -0.15) is 0 Å². The molecule has 2 aliphatic rings. The molecule has 0 saturated carbocycles. The second-order valence-corrected chi connectivity index (χ2v) is 9.63. The van der Waals surface area contributed by atoms with Crippen LogP contribution in [0.3, 0.4) is 0 Å².